The molecule has 0 aliphatic carbocycles. The number of ether oxygens (including phenoxy) is 2. The maximum Gasteiger partial charge on any atom is 0.161 e. The minimum Gasteiger partial charge on any atom is -0.490 e. The largest absolute Gasteiger partial charge is 0.490 e. The van der Waals surface area contributed by atoms with Crippen LogP contribution in [0.4, 0.5) is 5.82 Å². The Hall–Kier alpha value is -2.79. The van der Waals surface area contributed by atoms with Gasteiger partial charge in [-0.3, -0.25) is 0 Å². The molecule has 1 heterocycles. The number of hydrogen-bond acceptors (Lipinski definition) is 5. The number of aliphatic hydroxyl groups is 1. The molecule has 2 aromatic carbocycles. The van der Waals surface area contributed by atoms with Crippen molar-refractivity contribution in [1.29, 1.82) is 0 Å². The average Bonchev–Trinajstić information content (AvgIpc) is 2.68. The lowest BCUT2D eigenvalue weighted by Gasteiger charge is -2.17. The molecule has 142 valence electrons. The van der Waals surface area contributed by atoms with Crippen molar-refractivity contribution >= 4 is 16.6 Å². The van der Waals surface area contributed by atoms with Gasteiger partial charge in [-0.2, -0.15) is 0 Å². The van der Waals surface area contributed by atoms with Crippen LogP contribution in [0.25, 0.3) is 21.9 Å². The molecule has 5 nitrogen and oxygen atoms in total. The monoisotopic (exact) mass is 366 g/mol. The number of aromatic nitrogens is 1. The summed E-state index contributed by atoms with van der Waals surface area (Å²) in [5.74, 6) is 2.33. The molecule has 0 unspecified atom stereocenters. The molecular weight excluding hydrogens is 340 g/mol. The summed E-state index contributed by atoms with van der Waals surface area (Å²) < 4.78 is 11.6. The van der Waals surface area contributed by atoms with Crippen LogP contribution >= 0.6 is 0 Å². The quantitative estimate of drug-likeness (QED) is 0.677. The first-order valence-corrected chi connectivity index (χ1v) is 9.18. The molecule has 0 saturated heterocycles. The van der Waals surface area contributed by atoms with Crippen molar-refractivity contribution in [2.45, 2.75) is 20.5 Å². The van der Waals surface area contributed by atoms with Crippen LogP contribution in [-0.2, 0) is 6.61 Å². The minimum atomic E-state index is -0.0221. The summed E-state index contributed by atoms with van der Waals surface area (Å²) in [5.41, 5.74) is 2.93. The average molecular weight is 366 g/mol. The van der Waals surface area contributed by atoms with Crippen molar-refractivity contribution < 1.29 is 14.6 Å². The Morgan fingerprint density at radius 3 is 2.30 bits per heavy atom. The normalized spacial score (nSPS) is 10.9. The van der Waals surface area contributed by atoms with E-state index in [9.17, 15) is 5.11 Å². The molecule has 1 N–H and O–H groups in total. The maximum absolute atomic E-state index is 9.75. The highest BCUT2D eigenvalue weighted by Gasteiger charge is 2.13. The lowest BCUT2D eigenvalue weighted by Crippen LogP contribution is -2.10. The summed E-state index contributed by atoms with van der Waals surface area (Å²) in [6, 6.07) is 12.1. The highest BCUT2D eigenvalue weighted by Crippen LogP contribution is 2.38. The molecule has 0 radical (unpaired) electrons. The number of anilines is 1. The van der Waals surface area contributed by atoms with Crippen LogP contribution in [0.1, 0.15) is 19.4 Å². The zero-order valence-corrected chi connectivity index (χ0v) is 16.3. The molecule has 3 aromatic rings. The van der Waals surface area contributed by atoms with Gasteiger partial charge in [0.2, 0.25) is 0 Å². The van der Waals surface area contributed by atoms with Gasteiger partial charge < -0.3 is 19.5 Å². The van der Waals surface area contributed by atoms with Crippen LogP contribution in [0.15, 0.2) is 42.6 Å². The van der Waals surface area contributed by atoms with Gasteiger partial charge in [-0.1, -0.05) is 0 Å². The first-order chi connectivity index (χ1) is 13.1. The van der Waals surface area contributed by atoms with Crippen molar-refractivity contribution in [2.75, 3.05) is 32.2 Å². The third kappa shape index (κ3) is 3.98. The van der Waals surface area contributed by atoms with Crippen molar-refractivity contribution in [1.82, 2.24) is 4.98 Å². The van der Waals surface area contributed by atoms with Crippen LogP contribution in [0.5, 0.6) is 11.5 Å². The molecular formula is C22H26N2O3. The summed E-state index contributed by atoms with van der Waals surface area (Å²) in [6.07, 6.45) is 1.81. The van der Waals surface area contributed by atoms with Gasteiger partial charge >= 0.3 is 0 Å². The Morgan fingerprint density at radius 1 is 0.963 bits per heavy atom. The van der Waals surface area contributed by atoms with Crippen LogP contribution in [0.3, 0.4) is 0 Å². The van der Waals surface area contributed by atoms with Crippen LogP contribution < -0.4 is 14.4 Å². The zero-order valence-electron chi connectivity index (χ0n) is 16.3. The summed E-state index contributed by atoms with van der Waals surface area (Å²) >= 11 is 0. The molecule has 0 fully saturated rings. The van der Waals surface area contributed by atoms with E-state index in [-0.39, 0.29) is 6.61 Å². The van der Waals surface area contributed by atoms with E-state index in [1.54, 1.807) is 6.20 Å². The van der Waals surface area contributed by atoms with Crippen LogP contribution in [0, 0.1) is 0 Å². The second-order valence-corrected chi connectivity index (χ2v) is 6.48. The van der Waals surface area contributed by atoms with E-state index in [4.69, 9.17) is 9.47 Å². The summed E-state index contributed by atoms with van der Waals surface area (Å²) in [5, 5.41) is 11.8. The van der Waals surface area contributed by atoms with E-state index >= 15 is 0 Å². The number of pyridine rings is 1. The Kier molecular flexibility index (Phi) is 5.81. The van der Waals surface area contributed by atoms with E-state index in [0.29, 0.717) is 13.2 Å². The van der Waals surface area contributed by atoms with Crippen LogP contribution in [-0.4, -0.2) is 37.4 Å². The maximum atomic E-state index is 9.75. The van der Waals surface area contributed by atoms with Gasteiger partial charge in [-0.05, 0) is 77.7 Å². The minimum absolute atomic E-state index is 0.0221. The number of hydrogen-bond donors (Lipinski definition) is 1. The van der Waals surface area contributed by atoms with Gasteiger partial charge in [0.25, 0.3) is 0 Å². The summed E-state index contributed by atoms with van der Waals surface area (Å²) in [7, 11) is 3.94. The van der Waals surface area contributed by atoms with Gasteiger partial charge in [-0.25, -0.2) is 4.98 Å². The topological polar surface area (TPSA) is 54.8 Å². The van der Waals surface area contributed by atoms with Crippen molar-refractivity contribution in [3.8, 4) is 22.6 Å². The molecule has 3 rings (SSSR count). The van der Waals surface area contributed by atoms with E-state index in [2.05, 4.69) is 4.98 Å². The smallest absolute Gasteiger partial charge is 0.161 e. The lowest BCUT2D eigenvalue weighted by atomic mass is 9.95. The predicted octanol–water partition coefficient (Wildman–Crippen LogP) is 4.26. The Labute approximate surface area is 160 Å². The predicted molar refractivity (Wildman–Crippen MR) is 110 cm³/mol. The SMILES string of the molecule is CCOc1cc2cc(CO)cc(-c3ccnc(N(C)C)c3)c2cc1OCC. The molecule has 0 amide bonds. The molecule has 0 spiro atoms. The first kappa shape index (κ1) is 19.0. The first-order valence-electron chi connectivity index (χ1n) is 9.18. The molecule has 27 heavy (non-hydrogen) atoms. The van der Waals surface area contributed by atoms with Crippen molar-refractivity contribution in [3.63, 3.8) is 0 Å². The van der Waals surface area contributed by atoms with Crippen molar-refractivity contribution in [2.24, 2.45) is 0 Å². The van der Waals surface area contributed by atoms with E-state index in [1.807, 2.05) is 69.2 Å². The second-order valence-electron chi connectivity index (χ2n) is 6.48. The molecule has 0 atom stereocenters. The fourth-order valence-corrected chi connectivity index (χ4v) is 3.13. The van der Waals surface area contributed by atoms with Gasteiger partial charge in [0.05, 0.1) is 19.8 Å². The Bertz CT molecular complexity index is 938. The molecule has 5 heteroatoms. The molecule has 0 aliphatic heterocycles. The van der Waals surface area contributed by atoms with Gasteiger partial charge in [0, 0.05) is 20.3 Å². The Morgan fingerprint density at radius 2 is 1.67 bits per heavy atom. The molecule has 0 saturated carbocycles. The summed E-state index contributed by atoms with van der Waals surface area (Å²) in [4.78, 5) is 6.38. The van der Waals surface area contributed by atoms with Crippen molar-refractivity contribution in [3.05, 3.63) is 48.2 Å². The third-order valence-corrected chi connectivity index (χ3v) is 4.37. The highest BCUT2D eigenvalue weighted by molar-refractivity contribution is 5.99. The number of rotatable bonds is 7. The Balaban J connectivity index is 2.27. The molecule has 1 aromatic heterocycles. The zero-order chi connectivity index (χ0) is 19.4. The lowest BCUT2D eigenvalue weighted by molar-refractivity contribution is 0.282. The second kappa shape index (κ2) is 8.27. The highest BCUT2D eigenvalue weighted by atomic mass is 16.5. The molecule has 0 bridgehead atoms. The number of fused-ring (bicyclic) bond motifs is 1. The van der Waals surface area contributed by atoms with Gasteiger partial charge in [0.15, 0.2) is 11.5 Å². The third-order valence-electron chi connectivity index (χ3n) is 4.37. The van der Waals surface area contributed by atoms with E-state index < -0.39 is 0 Å². The van der Waals surface area contributed by atoms with Gasteiger partial charge in [0.1, 0.15) is 5.82 Å². The fraction of sp³-hybridized carbons (Fsp3) is 0.318. The standard InChI is InChI=1S/C22H26N2O3/c1-5-26-20-11-17-9-15(14-25)10-18(19(17)13-21(20)27-6-2)16-7-8-23-22(12-16)24(3)4/h7-13,25H,5-6,14H2,1-4H3. The fourth-order valence-electron chi connectivity index (χ4n) is 3.13. The van der Waals surface area contributed by atoms with E-state index in [1.165, 1.54) is 0 Å². The van der Waals surface area contributed by atoms with E-state index in [0.717, 1.165) is 44.8 Å². The van der Waals surface area contributed by atoms with Gasteiger partial charge in [-0.15, -0.1) is 0 Å². The molecule has 0 aliphatic rings. The number of nitrogens with zero attached hydrogens (tertiary/aromatic N) is 2. The number of aliphatic hydroxyl groups excluding tert-OH is 1. The summed E-state index contributed by atoms with van der Waals surface area (Å²) in [6.45, 7) is 5.02. The van der Waals surface area contributed by atoms with Crippen LogP contribution in [0.2, 0.25) is 0 Å². The number of benzene rings is 2.